The quantitative estimate of drug-likeness (QED) is 0.436. The first-order valence-corrected chi connectivity index (χ1v) is 4.63. The number of hydrogen-bond acceptors (Lipinski definition) is 0. The van der Waals surface area contributed by atoms with E-state index < -0.39 is 0 Å². The molecular formula is C10H24N+. The molecule has 0 bridgehead atoms. The van der Waals surface area contributed by atoms with Gasteiger partial charge in [-0.05, 0) is 19.9 Å². The highest BCUT2D eigenvalue weighted by Gasteiger charge is 2.12. The van der Waals surface area contributed by atoms with Gasteiger partial charge in [-0.15, -0.1) is 0 Å². The molecular weight excluding hydrogens is 134 g/mol. The molecule has 0 N–H and O–H groups in total. The van der Waals surface area contributed by atoms with E-state index >= 15 is 0 Å². The third kappa shape index (κ3) is 6.11. The number of quaternary nitrogens is 1. The maximum absolute atomic E-state index is 3.73. The van der Waals surface area contributed by atoms with Gasteiger partial charge in [-0.2, -0.15) is 0 Å². The minimum Gasteiger partial charge on any atom is -0.323 e. The average Bonchev–Trinajstić information content (AvgIpc) is 2.08. The molecule has 68 valence electrons. The predicted molar refractivity (Wildman–Crippen MR) is 53.7 cm³/mol. The Labute approximate surface area is 72.3 Å². The van der Waals surface area contributed by atoms with Gasteiger partial charge < -0.3 is 4.48 Å². The molecule has 0 aromatic rings. The van der Waals surface area contributed by atoms with Gasteiger partial charge in [-0.25, -0.2) is 0 Å². The topological polar surface area (TPSA) is 0 Å². The van der Waals surface area contributed by atoms with Gasteiger partial charge in [0, 0.05) is 0 Å². The first kappa shape index (κ1) is 13.3. The molecule has 0 rings (SSSR count). The summed E-state index contributed by atoms with van der Waals surface area (Å²) in [5.74, 6) is 0. The molecule has 11 heavy (non-hydrogen) atoms. The smallest absolute Gasteiger partial charge is 0.0968 e. The Kier molecular flexibility index (Phi) is 9.44. The Morgan fingerprint density at radius 2 is 1.55 bits per heavy atom. The maximum Gasteiger partial charge on any atom is 0.0968 e. The van der Waals surface area contributed by atoms with Gasteiger partial charge in [0.1, 0.15) is 0 Å². The normalized spacial score (nSPS) is 9.91. The van der Waals surface area contributed by atoms with E-state index in [1.807, 2.05) is 19.9 Å². The summed E-state index contributed by atoms with van der Waals surface area (Å²) in [6.45, 7) is 15.6. The summed E-state index contributed by atoms with van der Waals surface area (Å²) >= 11 is 0. The standard InChI is InChI=1S/C8H18N.C2H6/c1-5-8-9(4,6-2)7-3;1-2/h5H,1,6-8H2,2-4H3;1-2H3/q+1;. The highest BCUT2D eigenvalue weighted by Crippen LogP contribution is 1.99. The molecule has 0 atom stereocenters. The highest BCUT2D eigenvalue weighted by atomic mass is 15.3. The van der Waals surface area contributed by atoms with Gasteiger partial charge in [0.25, 0.3) is 0 Å². The minimum atomic E-state index is 1.09. The molecule has 0 aliphatic rings. The number of nitrogens with zero attached hydrogens (tertiary/aromatic N) is 1. The van der Waals surface area contributed by atoms with Crippen LogP contribution in [0, 0.1) is 0 Å². The molecule has 0 unspecified atom stereocenters. The zero-order valence-electron chi connectivity index (χ0n) is 8.85. The molecule has 0 aliphatic heterocycles. The van der Waals surface area contributed by atoms with Crippen LogP contribution < -0.4 is 0 Å². The molecule has 0 aromatic heterocycles. The van der Waals surface area contributed by atoms with Crippen LogP contribution in [0.25, 0.3) is 0 Å². The van der Waals surface area contributed by atoms with Crippen LogP contribution in [0.3, 0.4) is 0 Å². The molecule has 0 saturated heterocycles. The Bertz CT molecular complexity index is 82.9. The first-order valence-electron chi connectivity index (χ1n) is 4.63. The van der Waals surface area contributed by atoms with Crippen LogP contribution in [-0.4, -0.2) is 31.2 Å². The van der Waals surface area contributed by atoms with E-state index in [0.717, 1.165) is 11.0 Å². The van der Waals surface area contributed by atoms with Crippen molar-refractivity contribution in [3.63, 3.8) is 0 Å². The van der Waals surface area contributed by atoms with E-state index in [9.17, 15) is 0 Å². The molecule has 0 radical (unpaired) electrons. The summed E-state index contributed by atoms with van der Waals surface area (Å²) in [5.41, 5.74) is 0. The van der Waals surface area contributed by atoms with Crippen LogP contribution in [0.5, 0.6) is 0 Å². The summed E-state index contributed by atoms with van der Waals surface area (Å²) in [6, 6.07) is 0. The third-order valence-electron chi connectivity index (χ3n) is 2.10. The fourth-order valence-electron chi connectivity index (χ4n) is 0.793. The van der Waals surface area contributed by atoms with Gasteiger partial charge in [0.05, 0.1) is 26.7 Å². The molecule has 0 heterocycles. The predicted octanol–water partition coefficient (Wildman–Crippen LogP) is 2.69. The molecule has 0 spiro atoms. The lowest BCUT2D eigenvalue weighted by Gasteiger charge is -2.30. The second kappa shape index (κ2) is 7.80. The van der Waals surface area contributed by atoms with E-state index in [1.54, 1.807) is 0 Å². The number of rotatable bonds is 4. The molecule has 0 saturated carbocycles. The third-order valence-corrected chi connectivity index (χ3v) is 2.10. The van der Waals surface area contributed by atoms with Crippen molar-refractivity contribution in [2.75, 3.05) is 26.7 Å². The van der Waals surface area contributed by atoms with Crippen LogP contribution in [-0.2, 0) is 0 Å². The van der Waals surface area contributed by atoms with Gasteiger partial charge >= 0.3 is 0 Å². The Morgan fingerprint density at radius 1 is 1.18 bits per heavy atom. The molecule has 0 amide bonds. The van der Waals surface area contributed by atoms with Crippen molar-refractivity contribution in [2.45, 2.75) is 27.7 Å². The lowest BCUT2D eigenvalue weighted by Crippen LogP contribution is -2.43. The Hall–Kier alpha value is -0.300. The minimum absolute atomic E-state index is 1.09. The Balaban J connectivity index is 0. The summed E-state index contributed by atoms with van der Waals surface area (Å²) in [6.07, 6.45) is 1.99. The monoisotopic (exact) mass is 158 g/mol. The lowest BCUT2D eigenvalue weighted by molar-refractivity contribution is -0.900. The largest absolute Gasteiger partial charge is 0.323 e. The van der Waals surface area contributed by atoms with Crippen molar-refractivity contribution in [1.82, 2.24) is 0 Å². The molecule has 1 nitrogen and oxygen atoms in total. The molecule has 0 aliphatic carbocycles. The van der Waals surface area contributed by atoms with E-state index in [1.165, 1.54) is 13.1 Å². The van der Waals surface area contributed by atoms with Gasteiger partial charge in [0.2, 0.25) is 0 Å². The fraction of sp³-hybridized carbons (Fsp3) is 0.800. The van der Waals surface area contributed by atoms with Crippen LogP contribution in [0.2, 0.25) is 0 Å². The molecule has 1 heteroatoms. The summed E-state index contributed by atoms with van der Waals surface area (Å²) in [5, 5.41) is 0. The summed E-state index contributed by atoms with van der Waals surface area (Å²) < 4.78 is 1.11. The van der Waals surface area contributed by atoms with Crippen LogP contribution in [0.1, 0.15) is 27.7 Å². The SMILES string of the molecule is C=CC[N+](C)(CC)CC.CC. The van der Waals surface area contributed by atoms with E-state index in [4.69, 9.17) is 0 Å². The van der Waals surface area contributed by atoms with Gasteiger partial charge in [-0.3, -0.25) is 0 Å². The van der Waals surface area contributed by atoms with Gasteiger partial charge in [0.15, 0.2) is 0 Å². The second-order valence-electron chi connectivity index (χ2n) is 2.72. The second-order valence-corrected chi connectivity index (χ2v) is 2.72. The Morgan fingerprint density at radius 3 is 1.64 bits per heavy atom. The van der Waals surface area contributed by atoms with E-state index in [-0.39, 0.29) is 0 Å². The lowest BCUT2D eigenvalue weighted by atomic mass is 10.4. The first-order chi connectivity index (χ1) is 5.18. The summed E-state index contributed by atoms with van der Waals surface area (Å²) in [4.78, 5) is 0. The maximum atomic E-state index is 3.73. The zero-order chi connectivity index (χ0) is 9.33. The molecule has 0 aromatic carbocycles. The van der Waals surface area contributed by atoms with Crippen LogP contribution in [0.4, 0.5) is 0 Å². The molecule has 0 fully saturated rings. The van der Waals surface area contributed by atoms with Crippen molar-refractivity contribution in [3.8, 4) is 0 Å². The zero-order valence-corrected chi connectivity index (χ0v) is 8.85. The van der Waals surface area contributed by atoms with Crippen molar-refractivity contribution in [1.29, 1.82) is 0 Å². The van der Waals surface area contributed by atoms with Crippen molar-refractivity contribution < 1.29 is 4.48 Å². The van der Waals surface area contributed by atoms with Gasteiger partial charge in [-0.1, -0.05) is 20.4 Å². The van der Waals surface area contributed by atoms with Crippen LogP contribution >= 0.6 is 0 Å². The van der Waals surface area contributed by atoms with E-state index in [0.29, 0.717) is 0 Å². The summed E-state index contributed by atoms with van der Waals surface area (Å²) in [7, 11) is 2.25. The van der Waals surface area contributed by atoms with Crippen molar-refractivity contribution in [2.24, 2.45) is 0 Å². The average molecular weight is 158 g/mol. The van der Waals surface area contributed by atoms with Crippen molar-refractivity contribution >= 4 is 0 Å². The highest BCUT2D eigenvalue weighted by molar-refractivity contribution is 4.64. The fourth-order valence-corrected chi connectivity index (χ4v) is 0.793. The van der Waals surface area contributed by atoms with E-state index in [2.05, 4.69) is 27.5 Å². The number of hydrogen-bond donors (Lipinski definition) is 0. The van der Waals surface area contributed by atoms with Crippen molar-refractivity contribution in [3.05, 3.63) is 12.7 Å². The van der Waals surface area contributed by atoms with Crippen LogP contribution in [0.15, 0.2) is 12.7 Å². The number of likely N-dealkylation sites (N-methyl/N-ethyl adjacent to an activating group) is 1.